The first-order valence-electron chi connectivity index (χ1n) is 7.94. The van der Waals surface area contributed by atoms with Crippen LogP contribution in [-0.4, -0.2) is 38.3 Å². The van der Waals surface area contributed by atoms with Gasteiger partial charge < -0.3 is 15.4 Å². The third-order valence-electron chi connectivity index (χ3n) is 4.28. The Morgan fingerprint density at radius 3 is 2.77 bits per heavy atom. The molecule has 1 saturated heterocycles. The summed E-state index contributed by atoms with van der Waals surface area (Å²) >= 11 is 0. The summed E-state index contributed by atoms with van der Waals surface area (Å²) in [6, 6.07) is 6.58. The summed E-state index contributed by atoms with van der Waals surface area (Å²) < 4.78 is 19.0. The molecule has 2 N–H and O–H groups in total. The highest BCUT2D eigenvalue weighted by Gasteiger charge is 2.41. The Morgan fingerprint density at radius 2 is 2.14 bits per heavy atom. The van der Waals surface area contributed by atoms with Gasteiger partial charge in [0.1, 0.15) is 5.82 Å². The maximum Gasteiger partial charge on any atom is 0.230 e. The van der Waals surface area contributed by atoms with Crippen LogP contribution in [0.15, 0.2) is 24.3 Å². The molecule has 1 fully saturated rings. The lowest BCUT2D eigenvalue weighted by atomic mass is 9.73. The Bertz CT molecular complexity index is 501. The van der Waals surface area contributed by atoms with Crippen LogP contribution in [-0.2, 0) is 14.9 Å². The monoisotopic (exact) mass is 308 g/mol. The molecule has 0 radical (unpaired) electrons. The van der Waals surface area contributed by atoms with Crippen molar-refractivity contribution in [1.82, 2.24) is 10.6 Å². The Balaban J connectivity index is 2.16. The lowest BCUT2D eigenvalue weighted by molar-refractivity contribution is -0.130. The summed E-state index contributed by atoms with van der Waals surface area (Å²) in [7, 11) is 0. The number of ether oxygens (including phenoxy) is 1. The number of benzene rings is 1. The van der Waals surface area contributed by atoms with E-state index in [-0.39, 0.29) is 17.8 Å². The van der Waals surface area contributed by atoms with Gasteiger partial charge in [0.25, 0.3) is 0 Å². The van der Waals surface area contributed by atoms with E-state index in [1.165, 1.54) is 12.1 Å². The minimum atomic E-state index is -0.688. The van der Waals surface area contributed by atoms with E-state index in [0.29, 0.717) is 32.6 Å². The summed E-state index contributed by atoms with van der Waals surface area (Å²) in [5, 5.41) is 6.28. The standard InChI is InChI=1S/C17H25FN2O2/c1-3-19-13(2)12-20-16(21)17(7-9-22-10-8-17)14-5-4-6-15(18)11-14/h4-6,11,13,19H,3,7-10,12H2,1-2H3,(H,20,21)/t13-/m1/s1. The molecule has 1 aliphatic rings. The summed E-state index contributed by atoms with van der Waals surface area (Å²) in [5.41, 5.74) is 0.0520. The predicted molar refractivity (Wildman–Crippen MR) is 84.3 cm³/mol. The second kappa shape index (κ2) is 7.70. The molecule has 1 aliphatic heterocycles. The maximum atomic E-state index is 13.6. The lowest BCUT2D eigenvalue weighted by Crippen LogP contribution is -2.50. The van der Waals surface area contributed by atoms with Gasteiger partial charge in [-0.15, -0.1) is 0 Å². The molecule has 122 valence electrons. The highest BCUT2D eigenvalue weighted by Crippen LogP contribution is 2.35. The van der Waals surface area contributed by atoms with Gasteiger partial charge in [-0.3, -0.25) is 4.79 Å². The van der Waals surface area contributed by atoms with E-state index in [2.05, 4.69) is 10.6 Å². The summed E-state index contributed by atoms with van der Waals surface area (Å²) in [5.74, 6) is -0.344. The predicted octanol–water partition coefficient (Wildman–Crippen LogP) is 1.99. The second-order valence-corrected chi connectivity index (χ2v) is 5.87. The van der Waals surface area contributed by atoms with Crippen LogP contribution in [0.3, 0.4) is 0 Å². The molecular weight excluding hydrogens is 283 g/mol. The second-order valence-electron chi connectivity index (χ2n) is 5.87. The average Bonchev–Trinajstić information content (AvgIpc) is 2.53. The van der Waals surface area contributed by atoms with Crippen LogP contribution in [0.1, 0.15) is 32.3 Å². The molecule has 0 spiro atoms. The van der Waals surface area contributed by atoms with Crippen molar-refractivity contribution in [3.05, 3.63) is 35.6 Å². The Morgan fingerprint density at radius 1 is 1.41 bits per heavy atom. The minimum absolute atomic E-state index is 0.0360. The lowest BCUT2D eigenvalue weighted by Gasteiger charge is -2.36. The van der Waals surface area contributed by atoms with Gasteiger partial charge in [0.05, 0.1) is 5.41 Å². The van der Waals surface area contributed by atoms with E-state index in [9.17, 15) is 9.18 Å². The van der Waals surface area contributed by atoms with Crippen LogP contribution < -0.4 is 10.6 Å². The molecule has 0 bridgehead atoms. The third-order valence-corrected chi connectivity index (χ3v) is 4.28. The molecule has 1 atom stereocenters. The number of carbonyl (C=O) groups excluding carboxylic acids is 1. The molecule has 0 aliphatic carbocycles. The highest BCUT2D eigenvalue weighted by atomic mass is 19.1. The number of hydrogen-bond donors (Lipinski definition) is 2. The highest BCUT2D eigenvalue weighted by molar-refractivity contribution is 5.88. The van der Waals surface area contributed by atoms with E-state index in [1.807, 2.05) is 19.9 Å². The molecule has 1 aromatic carbocycles. The van der Waals surface area contributed by atoms with E-state index in [4.69, 9.17) is 4.74 Å². The first kappa shape index (κ1) is 16.9. The maximum absolute atomic E-state index is 13.6. The van der Waals surface area contributed by atoms with Gasteiger partial charge in [-0.05, 0) is 44.0 Å². The number of carbonyl (C=O) groups is 1. The first-order valence-corrected chi connectivity index (χ1v) is 7.94. The molecule has 2 rings (SSSR count). The fourth-order valence-corrected chi connectivity index (χ4v) is 2.99. The summed E-state index contributed by atoms with van der Waals surface area (Å²) in [6.07, 6.45) is 1.16. The van der Waals surface area contributed by atoms with Crippen LogP contribution in [0.2, 0.25) is 0 Å². The SMILES string of the molecule is CCN[C@H](C)CNC(=O)C1(c2cccc(F)c2)CCOCC1. The van der Waals surface area contributed by atoms with Crippen LogP contribution in [0.25, 0.3) is 0 Å². The van der Waals surface area contributed by atoms with E-state index >= 15 is 0 Å². The molecule has 5 heteroatoms. The van der Waals surface area contributed by atoms with Gasteiger partial charge in [-0.1, -0.05) is 19.1 Å². The van der Waals surface area contributed by atoms with Gasteiger partial charge in [-0.25, -0.2) is 4.39 Å². The molecule has 4 nitrogen and oxygen atoms in total. The van der Waals surface area contributed by atoms with Crippen molar-refractivity contribution in [2.75, 3.05) is 26.3 Å². The molecule has 0 saturated carbocycles. The zero-order valence-electron chi connectivity index (χ0n) is 13.3. The van der Waals surface area contributed by atoms with Crippen molar-refractivity contribution in [2.24, 2.45) is 0 Å². The Labute approximate surface area is 131 Å². The van der Waals surface area contributed by atoms with Crippen molar-refractivity contribution >= 4 is 5.91 Å². The van der Waals surface area contributed by atoms with E-state index in [0.717, 1.165) is 12.1 Å². The fourth-order valence-electron chi connectivity index (χ4n) is 2.99. The number of rotatable bonds is 6. The smallest absolute Gasteiger partial charge is 0.230 e. The van der Waals surface area contributed by atoms with Crippen LogP contribution in [0, 0.1) is 5.82 Å². The normalized spacial score (nSPS) is 18.7. The number of nitrogens with one attached hydrogen (secondary N) is 2. The van der Waals surface area contributed by atoms with Crippen molar-refractivity contribution in [2.45, 2.75) is 38.1 Å². The van der Waals surface area contributed by atoms with Crippen LogP contribution in [0.5, 0.6) is 0 Å². The third kappa shape index (κ3) is 3.84. The molecule has 0 aromatic heterocycles. The molecular formula is C17H25FN2O2. The zero-order chi connectivity index (χ0) is 16.0. The zero-order valence-corrected chi connectivity index (χ0v) is 13.3. The van der Waals surface area contributed by atoms with Crippen molar-refractivity contribution < 1.29 is 13.9 Å². The van der Waals surface area contributed by atoms with Crippen molar-refractivity contribution in [1.29, 1.82) is 0 Å². The number of likely N-dealkylation sites (N-methyl/N-ethyl adjacent to an activating group) is 1. The Kier molecular flexibility index (Phi) is 5.91. The molecule has 1 amide bonds. The molecule has 1 aromatic rings. The van der Waals surface area contributed by atoms with Crippen LogP contribution >= 0.6 is 0 Å². The van der Waals surface area contributed by atoms with Crippen molar-refractivity contribution in [3.8, 4) is 0 Å². The van der Waals surface area contributed by atoms with Gasteiger partial charge in [0, 0.05) is 25.8 Å². The summed E-state index contributed by atoms with van der Waals surface area (Å²) in [6.45, 7) is 6.53. The van der Waals surface area contributed by atoms with Gasteiger partial charge in [0.2, 0.25) is 5.91 Å². The van der Waals surface area contributed by atoms with E-state index in [1.54, 1.807) is 6.07 Å². The largest absolute Gasteiger partial charge is 0.381 e. The molecule has 0 unspecified atom stereocenters. The number of halogens is 1. The number of hydrogen-bond acceptors (Lipinski definition) is 3. The van der Waals surface area contributed by atoms with Crippen molar-refractivity contribution in [3.63, 3.8) is 0 Å². The quantitative estimate of drug-likeness (QED) is 0.845. The van der Waals surface area contributed by atoms with Crippen LogP contribution in [0.4, 0.5) is 4.39 Å². The topological polar surface area (TPSA) is 50.4 Å². The average molecular weight is 308 g/mol. The van der Waals surface area contributed by atoms with Gasteiger partial charge in [-0.2, -0.15) is 0 Å². The first-order chi connectivity index (χ1) is 10.6. The number of amides is 1. The van der Waals surface area contributed by atoms with Gasteiger partial charge >= 0.3 is 0 Å². The molecule has 1 heterocycles. The van der Waals surface area contributed by atoms with E-state index < -0.39 is 5.41 Å². The summed E-state index contributed by atoms with van der Waals surface area (Å²) in [4.78, 5) is 12.8. The molecule has 22 heavy (non-hydrogen) atoms. The fraction of sp³-hybridized carbons (Fsp3) is 0.588. The minimum Gasteiger partial charge on any atom is -0.381 e. The van der Waals surface area contributed by atoms with Gasteiger partial charge in [0.15, 0.2) is 0 Å². The Hall–Kier alpha value is -1.46.